The SMILES string of the molecule is O=C(COC(=O)c1ccc(C(F)(F)F)cc1)Nc1cc(Cl)ccc1F. The summed E-state index contributed by atoms with van der Waals surface area (Å²) in [5.41, 5.74) is -1.27. The second-order valence-corrected chi connectivity index (χ2v) is 5.26. The number of carbonyl (C=O) groups excluding carboxylic acids is 2. The molecule has 2 rings (SSSR count). The van der Waals surface area contributed by atoms with Gasteiger partial charge in [-0.1, -0.05) is 11.6 Å². The highest BCUT2D eigenvalue weighted by Crippen LogP contribution is 2.29. The van der Waals surface area contributed by atoms with Crippen molar-refractivity contribution in [2.45, 2.75) is 6.18 Å². The highest BCUT2D eigenvalue weighted by Gasteiger charge is 2.30. The summed E-state index contributed by atoms with van der Waals surface area (Å²) in [6.45, 7) is -0.744. The predicted molar refractivity (Wildman–Crippen MR) is 81.8 cm³/mol. The van der Waals surface area contributed by atoms with Crippen LogP contribution in [0.4, 0.5) is 23.2 Å². The summed E-state index contributed by atoms with van der Waals surface area (Å²) in [6, 6.07) is 6.81. The third kappa shape index (κ3) is 5.18. The molecule has 2 aromatic rings. The summed E-state index contributed by atoms with van der Waals surface area (Å²) in [5, 5.41) is 2.36. The first-order chi connectivity index (χ1) is 11.7. The molecule has 0 aliphatic rings. The van der Waals surface area contributed by atoms with Crippen molar-refractivity contribution in [2.75, 3.05) is 11.9 Å². The van der Waals surface area contributed by atoms with Crippen molar-refractivity contribution in [1.82, 2.24) is 0 Å². The lowest BCUT2D eigenvalue weighted by Gasteiger charge is -2.09. The van der Waals surface area contributed by atoms with Gasteiger partial charge < -0.3 is 10.1 Å². The van der Waals surface area contributed by atoms with Crippen LogP contribution >= 0.6 is 11.6 Å². The minimum Gasteiger partial charge on any atom is -0.452 e. The summed E-state index contributed by atoms with van der Waals surface area (Å²) in [7, 11) is 0. The maximum absolute atomic E-state index is 13.5. The number of hydrogen-bond acceptors (Lipinski definition) is 3. The fraction of sp³-hybridized carbons (Fsp3) is 0.125. The Morgan fingerprint density at radius 1 is 1.08 bits per heavy atom. The van der Waals surface area contributed by atoms with E-state index in [1.807, 2.05) is 0 Å². The Bertz CT molecular complexity index is 791. The van der Waals surface area contributed by atoms with Crippen LogP contribution in [0, 0.1) is 5.82 Å². The van der Waals surface area contributed by atoms with Gasteiger partial charge in [-0.2, -0.15) is 13.2 Å². The molecule has 1 N–H and O–H groups in total. The van der Waals surface area contributed by atoms with Gasteiger partial charge in [0.15, 0.2) is 6.61 Å². The second-order valence-electron chi connectivity index (χ2n) is 4.82. The van der Waals surface area contributed by atoms with E-state index in [1.165, 1.54) is 12.1 Å². The molecule has 4 nitrogen and oxygen atoms in total. The number of esters is 1. The fourth-order valence-corrected chi connectivity index (χ4v) is 1.96. The Balaban J connectivity index is 1.93. The van der Waals surface area contributed by atoms with Crippen LogP contribution in [-0.4, -0.2) is 18.5 Å². The van der Waals surface area contributed by atoms with E-state index in [2.05, 4.69) is 10.1 Å². The highest BCUT2D eigenvalue weighted by molar-refractivity contribution is 6.30. The van der Waals surface area contributed by atoms with Crippen LogP contribution in [-0.2, 0) is 15.7 Å². The molecule has 0 bridgehead atoms. The monoisotopic (exact) mass is 375 g/mol. The molecular weight excluding hydrogens is 366 g/mol. The fourth-order valence-electron chi connectivity index (χ4n) is 1.79. The second kappa shape index (κ2) is 7.52. The van der Waals surface area contributed by atoms with Gasteiger partial charge >= 0.3 is 12.1 Å². The summed E-state index contributed by atoms with van der Waals surface area (Å²) < 4.78 is 55.4. The van der Waals surface area contributed by atoms with Gasteiger partial charge in [-0.25, -0.2) is 9.18 Å². The van der Waals surface area contributed by atoms with Gasteiger partial charge in [0.2, 0.25) is 0 Å². The van der Waals surface area contributed by atoms with Crippen molar-refractivity contribution in [1.29, 1.82) is 0 Å². The topological polar surface area (TPSA) is 55.4 Å². The number of anilines is 1. The standard InChI is InChI=1S/C16H10ClF4NO3/c17-11-5-6-12(18)13(7-11)22-14(23)8-25-15(24)9-1-3-10(4-2-9)16(19,20)21/h1-7H,8H2,(H,22,23). The van der Waals surface area contributed by atoms with Gasteiger partial charge in [-0.3, -0.25) is 4.79 Å². The zero-order valence-corrected chi connectivity index (χ0v) is 13.1. The molecule has 132 valence electrons. The Morgan fingerprint density at radius 2 is 1.72 bits per heavy atom. The average Bonchev–Trinajstić information content (AvgIpc) is 2.55. The van der Waals surface area contributed by atoms with E-state index in [4.69, 9.17) is 11.6 Å². The van der Waals surface area contributed by atoms with Crippen LogP contribution in [0.2, 0.25) is 5.02 Å². The number of nitrogens with one attached hydrogen (secondary N) is 1. The molecule has 0 aliphatic heterocycles. The van der Waals surface area contributed by atoms with E-state index in [1.54, 1.807) is 0 Å². The van der Waals surface area contributed by atoms with Crippen molar-refractivity contribution in [3.8, 4) is 0 Å². The van der Waals surface area contributed by atoms with E-state index < -0.39 is 36.0 Å². The number of benzene rings is 2. The Labute approximate surface area is 144 Å². The number of hydrogen-bond donors (Lipinski definition) is 1. The van der Waals surface area contributed by atoms with Crippen LogP contribution < -0.4 is 5.32 Å². The maximum Gasteiger partial charge on any atom is 0.416 e. The largest absolute Gasteiger partial charge is 0.452 e. The van der Waals surface area contributed by atoms with Gasteiger partial charge in [0.25, 0.3) is 5.91 Å². The number of carbonyl (C=O) groups is 2. The van der Waals surface area contributed by atoms with E-state index in [9.17, 15) is 27.2 Å². The van der Waals surface area contributed by atoms with Crippen molar-refractivity contribution in [3.05, 3.63) is 64.4 Å². The summed E-state index contributed by atoms with van der Waals surface area (Å²) in [4.78, 5) is 23.4. The molecule has 9 heteroatoms. The zero-order valence-electron chi connectivity index (χ0n) is 12.4. The van der Waals surface area contributed by atoms with Crippen molar-refractivity contribution in [3.63, 3.8) is 0 Å². The zero-order chi connectivity index (χ0) is 18.6. The third-order valence-electron chi connectivity index (χ3n) is 2.98. The number of halogens is 5. The first-order valence-electron chi connectivity index (χ1n) is 6.76. The molecule has 0 aromatic heterocycles. The highest BCUT2D eigenvalue weighted by atomic mass is 35.5. The van der Waals surface area contributed by atoms with Gasteiger partial charge in [0.05, 0.1) is 16.8 Å². The molecule has 0 radical (unpaired) electrons. The minimum atomic E-state index is -4.52. The van der Waals surface area contributed by atoms with Gasteiger partial charge in [0.1, 0.15) is 5.82 Å². The van der Waals surface area contributed by atoms with E-state index in [-0.39, 0.29) is 16.3 Å². The van der Waals surface area contributed by atoms with E-state index in [0.29, 0.717) is 0 Å². The normalized spacial score (nSPS) is 11.1. The van der Waals surface area contributed by atoms with E-state index >= 15 is 0 Å². The third-order valence-corrected chi connectivity index (χ3v) is 3.22. The molecule has 0 spiro atoms. The molecule has 0 atom stereocenters. The Kier molecular flexibility index (Phi) is 5.63. The van der Waals surface area contributed by atoms with Gasteiger partial charge in [0, 0.05) is 5.02 Å². The van der Waals surface area contributed by atoms with Crippen molar-refractivity contribution in [2.24, 2.45) is 0 Å². The van der Waals surface area contributed by atoms with Gasteiger partial charge in [-0.05, 0) is 42.5 Å². The van der Waals surface area contributed by atoms with E-state index in [0.717, 1.165) is 30.3 Å². The number of rotatable bonds is 4. The first-order valence-corrected chi connectivity index (χ1v) is 7.14. The molecule has 2 aromatic carbocycles. The van der Waals surface area contributed by atoms with Crippen LogP contribution in [0.1, 0.15) is 15.9 Å². The lowest BCUT2D eigenvalue weighted by atomic mass is 10.1. The quantitative estimate of drug-likeness (QED) is 0.640. The number of amides is 1. The molecule has 1 amide bonds. The smallest absolute Gasteiger partial charge is 0.416 e. The van der Waals surface area contributed by atoms with Crippen LogP contribution in [0.15, 0.2) is 42.5 Å². The minimum absolute atomic E-state index is 0.158. The average molecular weight is 376 g/mol. The molecule has 0 saturated heterocycles. The molecule has 0 heterocycles. The Morgan fingerprint density at radius 3 is 2.32 bits per heavy atom. The Hall–Kier alpha value is -2.61. The maximum atomic E-state index is 13.5. The number of ether oxygens (including phenoxy) is 1. The first kappa shape index (κ1) is 18.7. The molecule has 0 fully saturated rings. The lowest BCUT2D eigenvalue weighted by molar-refractivity contribution is -0.137. The summed E-state index contributed by atoms with van der Waals surface area (Å²) in [6.07, 6.45) is -4.52. The van der Waals surface area contributed by atoms with Crippen LogP contribution in [0.3, 0.4) is 0 Å². The molecule has 0 aliphatic carbocycles. The molecule has 0 unspecified atom stereocenters. The van der Waals surface area contributed by atoms with Crippen LogP contribution in [0.5, 0.6) is 0 Å². The number of alkyl halides is 3. The molecule has 0 saturated carbocycles. The lowest BCUT2D eigenvalue weighted by Crippen LogP contribution is -2.21. The van der Waals surface area contributed by atoms with Crippen LogP contribution in [0.25, 0.3) is 0 Å². The van der Waals surface area contributed by atoms with Crippen molar-refractivity contribution >= 4 is 29.2 Å². The predicted octanol–water partition coefficient (Wildman–Crippen LogP) is 4.29. The molecule has 25 heavy (non-hydrogen) atoms. The summed E-state index contributed by atoms with van der Waals surface area (Å²) in [5.74, 6) is -2.55. The van der Waals surface area contributed by atoms with Gasteiger partial charge in [-0.15, -0.1) is 0 Å². The molecular formula is C16H10ClF4NO3. The summed E-state index contributed by atoms with van der Waals surface area (Å²) >= 11 is 5.67. The van der Waals surface area contributed by atoms with Crippen molar-refractivity contribution < 1.29 is 31.9 Å².